The minimum absolute atomic E-state index is 0.00348. The minimum atomic E-state index is -0.314. The highest BCUT2D eigenvalue weighted by Crippen LogP contribution is 2.32. The van der Waals surface area contributed by atoms with Crippen molar-refractivity contribution in [1.82, 2.24) is 10.1 Å². The maximum atomic E-state index is 13.2. The first-order valence-electron chi connectivity index (χ1n) is 7.10. The van der Waals surface area contributed by atoms with E-state index >= 15 is 0 Å². The van der Waals surface area contributed by atoms with E-state index in [-0.39, 0.29) is 24.2 Å². The van der Waals surface area contributed by atoms with E-state index in [0.717, 1.165) is 24.3 Å². The maximum absolute atomic E-state index is 13.2. The van der Waals surface area contributed by atoms with Gasteiger partial charge in [-0.2, -0.15) is 0 Å². The van der Waals surface area contributed by atoms with Crippen molar-refractivity contribution in [2.45, 2.75) is 32.2 Å². The number of nitrogens with zero attached hydrogens (tertiary/aromatic N) is 2. The molecule has 1 aromatic carbocycles. The summed E-state index contributed by atoms with van der Waals surface area (Å²) in [5.41, 5.74) is 1.50. The molecule has 0 unspecified atom stereocenters. The van der Waals surface area contributed by atoms with Crippen LogP contribution in [0.4, 0.5) is 4.39 Å². The molecule has 0 saturated carbocycles. The Morgan fingerprint density at radius 1 is 1.48 bits per heavy atom. The average molecular weight is 288 g/mol. The first-order valence-corrected chi connectivity index (χ1v) is 7.10. The molecule has 1 aromatic heterocycles. The van der Waals surface area contributed by atoms with E-state index in [1.54, 1.807) is 12.1 Å². The second kappa shape index (κ2) is 5.68. The minimum Gasteiger partial charge on any atom is -0.361 e. The maximum Gasteiger partial charge on any atom is 0.227 e. The lowest BCUT2D eigenvalue weighted by Crippen LogP contribution is -2.32. The van der Waals surface area contributed by atoms with Gasteiger partial charge < -0.3 is 9.42 Å². The van der Waals surface area contributed by atoms with Crippen LogP contribution in [0, 0.1) is 12.7 Å². The van der Waals surface area contributed by atoms with Crippen LogP contribution >= 0.6 is 0 Å². The molecular weight excluding hydrogens is 271 g/mol. The van der Waals surface area contributed by atoms with Crippen LogP contribution in [0.15, 0.2) is 34.9 Å². The largest absolute Gasteiger partial charge is 0.361 e. The Morgan fingerprint density at radius 3 is 3.05 bits per heavy atom. The van der Waals surface area contributed by atoms with Crippen LogP contribution in [-0.2, 0) is 11.2 Å². The third kappa shape index (κ3) is 2.96. The molecule has 2 aromatic rings. The Kier molecular flexibility index (Phi) is 3.73. The van der Waals surface area contributed by atoms with Gasteiger partial charge in [0.15, 0.2) is 0 Å². The van der Waals surface area contributed by atoms with Gasteiger partial charge >= 0.3 is 0 Å². The molecule has 1 saturated heterocycles. The van der Waals surface area contributed by atoms with Crippen LogP contribution in [-0.4, -0.2) is 22.5 Å². The molecule has 0 spiro atoms. The molecule has 1 aliphatic heterocycles. The fourth-order valence-corrected chi connectivity index (χ4v) is 2.84. The summed E-state index contributed by atoms with van der Waals surface area (Å²) < 4.78 is 18.3. The third-order valence-corrected chi connectivity index (χ3v) is 3.81. The first kappa shape index (κ1) is 13.8. The molecule has 1 fully saturated rings. The standard InChI is InChI=1S/C16H17FN2O2/c1-11-8-14(18-21-11)15-6-3-7-19(15)16(20)10-12-4-2-5-13(17)9-12/h2,4-5,8-9,15H,3,6-7,10H2,1H3/t15-/m1/s1. The SMILES string of the molecule is Cc1cc([C@H]2CCCN2C(=O)Cc2cccc(F)c2)no1. The van der Waals surface area contributed by atoms with Crippen LogP contribution in [0.3, 0.4) is 0 Å². The van der Waals surface area contributed by atoms with E-state index in [1.807, 2.05) is 17.9 Å². The van der Waals surface area contributed by atoms with E-state index in [2.05, 4.69) is 5.16 Å². The van der Waals surface area contributed by atoms with Crippen LogP contribution in [0.2, 0.25) is 0 Å². The topological polar surface area (TPSA) is 46.3 Å². The van der Waals surface area contributed by atoms with E-state index in [9.17, 15) is 9.18 Å². The number of benzene rings is 1. The predicted molar refractivity (Wildman–Crippen MR) is 75.0 cm³/mol. The van der Waals surface area contributed by atoms with Gasteiger partial charge in [0.25, 0.3) is 0 Å². The summed E-state index contributed by atoms with van der Waals surface area (Å²) in [5, 5.41) is 4.02. The smallest absolute Gasteiger partial charge is 0.227 e. The predicted octanol–water partition coefficient (Wildman–Crippen LogP) is 3.03. The number of hydrogen-bond acceptors (Lipinski definition) is 3. The van der Waals surface area contributed by atoms with Gasteiger partial charge in [0.05, 0.1) is 12.5 Å². The molecule has 1 aliphatic rings. The number of rotatable bonds is 3. The average Bonchev–Trinajstić information content (AvgIpc) is 3.06. The highest BCUT2D eigenvalue weighted by atomic mass is 19.1. The Labute approximate surface area is 122 Å². The number of carbonyl (C=O) groups excluding carboxylic acids is 1. The van der Waals surface area contributed by atoms with Crippen molar-refractivity contribution in [2.24, 2.45) is 0 Å². The Morgan fingerprint density at radius 2 is 2.33 bits per heavy atom. The van der Waals surface area contributed by atoms with Crippen molar-refractivity contribution in [2.75, 3.05) is 6.54 Å². The summed E-state index contributed by atoms with van der Waals surface area (Å²) in [6.45, 7) is 2.55. The summed E-state index contributed by atoms with van der Waals surface area (Å²) >= 11 is 0. The zero-order valence-corrected chi connectivity index (χ0v) is 11.9. The lowest BCUT2D eigenvalue weighted by molar-refractivity contribution is -0.131. The summed E-state index contributed by atoms with van der Waals surface area (Å²) in [6.07, 6.45) is 2.05. The number of hydrogen-bond donors (Lipinski definition) is 0. The highest BCUT2D eigenvalue weighted by molar-refractivity contribution is 5.79. The van der Waals surface area contributed by atoms with Crippen LogP contribution < -0.4 is 0 Å². The monoisotopic (exact) mass is 288 g/mol. The van der Waals surface area contributed by atoms with Crippen LogP contribution in [0.25, 0.3) is 0 Å². The van der Waals surface area contributed by atoms with E-state index in [0.29, 0.717) is 12.1 Å². The van der Waals surface area contributed by atoms with Gasteiger partial charge in [0.2, 0.25) is 5.91 Å². The normalized spacial score (nSPS) is 18.2. The van der Waals surface area contributed by atoms with Crippen molar-refractivity contribution >= 4 is 5.91 Å². The number of aromatic nitrogens is 1. The van der Waals surface area contributed by atoms with Gasteiger partial charge in [0, 0.05) is 12.6 Å². The number of likely N-dealkylation sites (tertiary alicyclic amines) is 1. The van der Waals surface area contributed by atoms with Crippen molar-refractivity contribution in [1.29, 1.82) is 0 Å². The highest BCUT2D eigenvalue weighted by Gasteiger charge is 2.31. The Hall–Kier alpha value is -2.17. The second-order valence-electron chi connectivity index (χ2n) is 5.41. The molecule has 110 valence electrons. The summed E-state index contributed by atoms with van der Waals surface area (Å²) in [7, 11) is 0. The fourth-order valence-electron chi connectivity index (χ4n) is 2.84. The molecule has 0 bridgehead atoms. The number of carbonyl (C=O) groups is 1. The number of halogens is 1. The van der Waals surface area contributed by atoms with Crippen LogP contribution in [0.1, 0.15) is 35.9 Å². The molecule has 21 heavy (non-hydrogen) atoms. The molecule has 0 aliphatic carbocycles. The molecule has 5 heteroatoms. The molecular formula is C16H17FN2O2. The molecule has 1 amide bonds. The molecule has 1 atom stereocenters. The lowest BCUT2D eigenvalue weighted by Gasteiger charge is -2.23. The van der Waals surface area contributed by atoms with Gasteiger partial charge in [-0.15, -0.1) is 0 Å². The molecule has 3 rings (SSSR count). The molecule has 2 heterocycles. The fraction of sp³-hybridized carbons (Fsp3) is 0.375. The zero-order chi connectivity index (χ0) is 14.8. The number of amides is 1. The molecule has 4 nitrogen and oxygen atoms in total. The van der Waals surface area contributed by atoms with Crippen molar-refractivity contribution in [3.8, 4) is 0 Å². The van der Waals surface area contributed by atoms with Gasteiger partial charge in [-0.05, 0) is 37.5 Å². The van der Waals surface area contributed by atoms with Crippen molar-refractivity contribution in [3.63, 3.8) is 0 Å². The first-order chi connectivity index (χ1) is 10.1. The summed E-state index contributed by atoms with van der Waals surface area (Å²) in [4.78, 5) is 14.3. The third-order valence-electron chi connectivity index (χ3n) is 3.81. The Balaban J connectivity index is 1.74. The summed E-state index contributed by atoms with van der Waals surface area (Å²) in [5.74, 6) is 0.434. The van der Waals surface area contributed by atoms with E-state index in [4.69, 9.17) is 4.52 Å². The zero-order valence-electron chi connectivity index (χ0n) is 11.9. The summed E-state index contributed by atoms with van der Waals surface area (Å²) in [6, 6.07) is 8.03. The van der Waals surface area contributed by atoms with Gasteiger partial charge in [0.1, 0.15) is 17.3 Å². The van der Waals surface area contributed by atoms with E-state index < -0.39 is 0 Å². The van der Waals surface area contributed by atoms with Crippen LogP contribution in [0.5, 0.6) is 0 Å². The quantitative estimate of drug-likeness (QED) is 0.872. The Bertz CT molecular complexity index is 653. The second-order valence-corrected chi connectivity index (χ2v) is 5.41. The van der Waals surface area contributed by atoms with Gasteiger partial charge in [-0.25, -0.2) is 4.39 Å². The van der Waals surface area contributed by atoms with Crippen molar-refractivity contribution in [3.05, 3.63) is 53.2 Å². The van der Waals surface area contributed by atoms with Crippen molar-refractivity contribution < 1.29 is 13.7 Å². The lowest BCUT2D eigenvalue weighted by atomic mass is 10.1. The van der Waals surface area contributed by atoms with Gasteiger partial charge in [-0.1, -0.05) is 17.3 Å². The number of aryl methyl sites for hydroxylation is 1. The van der Waals surface area contributed by atoms with E-state index in [1.165, 1.54) is 12.1 Å². The molecule has 0 radical (unpaired) electrons. The van der Waals surface area contributed by atoms with Gasteiger partial charge in [-0.3, -0.25) is 4.79 Å². The molecule has 0 N–H and O–H groups in total.